The summed E-state index contributed by atoms with van der Waals surface area (Å²) >= 11 is 0. The molecule has 5 N–H and O–H groups in total. The number of aromatic amines is 1. The van der Waals surface area contributed by atoms with Crippen LogP contribution in [0.2, 0.25) is 0 Å². The lowest BCUT2D eigenvalue weighted by atomic mass is 9.97. The molecule has 1 amide bonds. The minimum absolute atomic E-state index is 0.0496. The second-order valence-corrected chi connectivity index (χ2v) is 5.24. The Morgan fingerprint density at radius 1 is 1.25 bits per heavy atom. The molecule has 0 radical (unpaired) electrons. The molecule has 8 heteroatoms. The Bertz CT molecular complexity index is 1120. The van der Waals surface area contributed by atoms with E-state index in [2.05, 4.69) is 20.2 Å². The number of hydrogen-bond acceptors (Lipinski definition) is 5. The molecular weight excluding hydrogens is 311 g/mol. The van der Waals surface area contributed by atoms with Gasteiger partial charge < -0.3 is 11.5 Å². The van der Waals surface area contributed by atoms with Gasteiger partial charge in [0.05, 0.1) is 22.9 Å². The van der Waals surface area contributed by atoms with E-state index in [4.69, 9.17) is 11.5 Å². The topological polar surface area (TPSA) is 124 Å². The second kappa shape index (κ2) is 4.98. The van der Waals surface area contributed by atoms with Crippen LogP contribution >= 0.6 is 0 Å². The Balaban J connectivity index is 2.19. The average molecular weight is 322 g/mol. The highest BCUT2D eigenvalue weighted by Gasteiger charge is 2.21. The van der Waals surface area contributed by atoms with E-state index < -0.39 is 11.7 Å². The Morgan fingerprint density at radius 3 is 2.88 bits per heavy atom. The van der Waals surface area contributed by atoms with Crippen LogP contribution in [0, 0.1) is 5.82 Å². The molecule has 0 aliphatic rings. The van der Waals surface area contributed by atoms with E-state index >= 15 is 0 Å². The maximum atomic E-state index is 13.9. The summed E-state index contributed by atoms with van der Waals surface area (Å²) in [4.78, 5) is 20.2. The first-order chi connectivity index (χ1) is 11.6. The van der Waals surface area contributed by atoms with E-state index in [0.29, 0.717) is 27.5 Å². The summed E-state index contributed by atoms with van der Waals surface area (Å²) < 4.78 is 13.9. The molecule has 0 aliphatic heterocycles. The maximum absolute atomic E-state index is 13.9. The van der Waals surface area contributed by atoms with Gasteiger partial charge in [-0.2, -0.15) is 5.10 Å². The summed E-state index contributed by atoms with van der Waals surface area (Å²) in [6, 6.07) is 6.26. The third kappa shape index (κ3) is 1.89. The van der Waals surface area contributed by atoms with Gasteiger partial charge in [0.25, 0.3) is 5.91 Å². The first-order valence-electron chi connectivity index (χ1n) is 7.04. The number of carbonyl (C=O) groups excluding carboxylic acids is 1. The highest BCUT2D eigenvalue weighted by molar-refractivity contribution is 6.11. The van der Waals surface area contributed by atoms with Crippen molar-refractivity contribution >= 4 is 33.5 Å². The quantitative estimate of drug-likeness (QED) is 0.520. The average Bonchev–Trinajstić information content (AvgIpc) is 3.06. The van der Waals surface area contributed by atoms with Crippen LogP contribution < -0.4 is 11.5 Å². The lowest BCUT2D eigenvalue weighted by Crippen LogP contribution is -2.16. The summed E-state index contributed by atoms with van der Waals surface area (Å²) in [5, 5.41) is 7.01. The molecule has 3 aromatic heterocycles. The van der Waals surface area contributed by atoms with Crippen LogP contribution in [0.3, 0.4) is 0 Å². The number of rotatable bonds is 2. The van der Waals surface area contributed by atoms with Gasteiger partial charge in [0.1, 0.15) is 11.3 Å². The molecule has 4 rings (SSSR count). The third-order valence-electron chi connectivity index (χ3n) is 3.85. The van der Waals surface area contributed by atoms with Crippen LogP contribution in [0.4, 0.5) is 10.1 Å². The normalized spacial score (nSPS) is 11.2. The number of nitrogens with zero attached hydrogens (tertiary/aromatic N) is 3. The highest BCUT2D eigenvalue weighted by atomic mass is 19.1. The van der Waals surface area contributed by atoms with Gasteiger partial charge in [-0.05, 0) is 23.8 Å². The minimum atomic E-state index is -0.745. The van der Waals surface area contributed by atoms with Gasteiger partial charge in [-0.3, -0.25) is 14.9 Å². The Kier molecular flexibility index (Phi) is 2.92. The highest BCUT2D eigenvalue weighted by Crippen LogP contribution is 2.37. The Morgan fingerprint density at radius 2 is 2.08 bits per heavy atom. The predicted molar refractivity (Wildman–Crippen MR) is 87.5 cm³/mol. The summed E-state index contributed by atoms with van der Waals surface area (Å²) in [6.07, 6.45) is 3.08. The van der Waals surface area contributed by atoms with Gasteiger partial charge in [-0.25, -0.2) is 9.37 Å². The summed E-state index contributed by atoms with van der Waals surface area (Å²) in [5.41, 5.74) is 13.9. The number of nitrogens with two attached hydrogens (primary N) is 2. The van der Waals surface area contributed by atoms with Crippen molar-refractivity contribution in [3.63, 3.8) is 0 Å². The molecule has 118 valence electrons. The molecule has 7 nitrogen and oxygen atoms in total. The van der Waals surface area contributed by atoms with Crippen LogP contribution in [-0.4, -0.2) is 26.1 Å². The zero-order chi connectivity index (χ0) is 16.8. The molecule has 0 bridgehead atoms. The fraction of sp³-hybridized carbons (Fsp3) is 0. The van der Waals surface area contributed by atoms with E-state index in [1.165, 1.54) is 12.3 Å². The first kappa shape index (κ1) is 14.1. The number of H-pyrrole nitrogens is 1. The molecule has 0 saturated carbocycles. The lowest BCUT2D eigenvalue weighted by molar-refractivity contribution is 0.0997. The van der Waals surface area contributed by atoms with Crippen LogP contribution in [0.25, 0.3) is 33.1 Å². The molecule has 1 aromatic carbocycles. The van der Waals surface area contributed by atoms with Crippen molar-refractivity contribution in [3.05, 3.63) is 48.2 Å². The number of aromatic nitrogens is 4. The standard InChI is InChI=1S/C16H11FN6O/c17-9-4-3-7(8-6-21-23-13(8)9)11-12(18)15(16(19)24)22-10-2-1-5-20-14(10)11/h1-6H,18H2,(H2,19,24)(H,21,23). The van der Waals surface area contributed by atoms with E-state index in [-0.39, 0.29) is 16.9 Å². The number of amides is 1. The van der Waals surface area contributed by atoms with E-state index in [0.717, 1.165) is 0 Å². The molecular formula is C16H11FN6O. The minimum Gasteiger partial charge on any atom is -0.396 e. The fourth-order valence-electron chi connectivity index (χ4n) is 2.79. The molecule has 0 unspecified atom stereocenters. The zero-order valence-electron chi connectivity index (χ0n) is 12.2. The number of pyridine rings is 2. The van der Waals surface area contributed by atoms with Crippen LogP contribution in [0.1, 0.15) is 10.5 Å². The Hall–Kier alpha value is -3.55. The molecule has 24 heavy (non-hydrogen) atoms. The number of primary amides is 1. The van der Waals surface area contributed by atoms with Crippen molar-refractivity contribution in [2.75, 3.05) is 5.73 Å². The Labute approximate surface area is 134 Å². The summed E-state index contributed by atoms with van der Waals surface area (Å²) in [5.74, 6) is -1.18. The monoisotopic (exact) mass is 322 g/mol. The largest absolute Gasteiger partial charge is 0.396 e. The van der Waals surface area contributed by atoms with Crippen molar-refractivity contribution in [2.45, 2.75) is 0 Å². The molecule has 0 spiro atoms. The number of halogens is 1. The van der Waals surface area contributed by atoms with E-state index in [9.17, 15) is 9.18 Å². The fourth-order valence-corrected chi connectivity index (χ4v) is 2.79. The molecule has 0 aliphatic carbocycles. The maximum Gasteiger partial charge on any atom is 0.269 e. The van der Waals surface area contributed by atoms with Crippen molar-refractivity contribution in [1.82, 2.24) is 20.2 Å². The van der Waals surface area contributed by atoms with Crippen LogP contribution in [0.15, 0.2) is 36.7 Å². The number of fused-ring (bicyclic) bond motifs is 2. The summed E-state index contributed by atoms with van der Waals surface area (Å²) in [6.45, 7) is 0. The number of nitrogens with one attached hydrogen (secondary N) is 1. The second-order valence-electron chi connectivity index (χ2n) is 5.24. The van der Waals surface area contributed by atoms with Gasteiger partial charge in [-0.1, -0.05) is 6.07 Å². The number of carbonyl (C=O) groups is 1. The van der Waals surface area contributed by atoms with Gasteiger partial charge in [0.2, 0.25) is 0 Å². The van der Waals surface area contributed by atoms with Crippen molar-refractivity contribution in [2.24, 2.45) is 5.73 Å². The number of hydrogen-bond donors (Lipinski definition) is 3. The molecule has 0 atom stereocenters. The number of nitrogen functional groups attached to an aromatic ring is 1. The number of benzene rings is 1. The molecule has 4 aromatic rings. The lowest BCUT2D eigenvalue weighted by Gasteiger charge is -2.13. The molecule has 3 heterocycles. The van der Waals surface area contributed by atoms with Crippen molar-refractivity contribution < 1.29 is 9.18 Å². The van der Waals surface area contributed by atoms with Gasteiger partial charge in [-0.15, -0.1) is 0 Å². The van der Waals surface area contributed by atoms with Gasteiger partial charge >= 0.3 is 0 Å². The molecule has 0 saturated heterocycles. The van der Waals surface area contributed by atoms with Crippen LogP contribution in [-0.2, 0) is 0 Å². The van der Waals surface area contributed by atoms with Gasteiger partial charge in [0, 0.05) is 17.1 Å². The smallest absolute Gasteiger partial charge is 0.269 e. The van der Waals surface area contributed by atoms with E-state index in [1.807, 2.05) is 0 Å². The SMILES string of the molecule is NC(=O)c1nc2cccnc2c(-c2ccc(F)c3[nH]ncc23)c1N. The van der Waals surface area contributed by atoms with Crippen molar-refractivity contribution in [1.29, 1.82) is 0 Å². The number of anilines is 1. The van der Waals surface area contributed by atoms with Crippen molar-refractivity contribution in [3.8, 4) is 11.1 Å². The van der Waals surface area contributed by atoms with E-state index in [1.54, 1.807) is 24.4 Å². The van der Waals surface area contributed by atoms with Gasteiger partial charge in [0.15, 0.2) is 5.69 Å². The van der Waals surface area contributed by atoms with Crippen LogP contribution in [0.5, 0.6) is 0 Å². The first-order valence-corrected chi connectivity index (χ1v) is 7.04. The predicted octanol–water partition coefficient (Wildman–Crippen LogP) is 1.99. The third-order valence-corrected chi connectivity index (χ3v) is 3.85. The zero-order valence-corrected chi connectivity index (χ0v) is 12.2. The molecule has 0 fully saturated rings. The summed E-state index contributed by atoms with van der Waals surface area (Å²) in [7, 11) is 0.